The van der Waals surface area contributed by atoms with Crippen molar-refractivity contribution in [1.82, 2.24) is 10.3 Å². The van der Waals surface area contributed by atoms with E-state index in [9.17, 15) is 4.79 Å². The molecule has 1 aromatic rings. The second-order valence-electron chi connectivity index (χ2n) is 4.52. The predicted octanol–water partition coefficient (Wildman–Crippen LogP) is 1.89. The highest BCUT2D eigenvalue weighted by molar-refractivity contribution is 7.99. The average Bonchev–Trinajstić information content (AvgIpc) is 2.77. The number of thiazole rings is 1. The van der Waals surface area contributed by atoms with Crippen molar-refractivity contribution in [3.63, 3.8) is 0 Å². The van der Waals surface area contributed by atoms with E-state index in [1.165, 1.54) is 11.3 Å². The summed E-state index contributed by atoms with van der Waals surface area (Å²) in [7, 11) is 0. The van der Waals surface area contributed by atoms with Crippen LogP contribution in [0.3, 0.4) is 0 Å². The van der Waals surface area contributed by atoms with Crippen LogP contribution in [0.5, 0.6) is 0 Å². The van der Waals surface area contributed by atoms with E-state index in [0.29, 0.717) is 28.2 Å². The molecule has 4 N–H and O–H groups in total. The molecule has 0 aromatic carbocycles. The molecule has 1 rings (SSSR count). The fraction of sp³-hybridized carbons (Fsp3) is 0.538. The van der Waals surface area contributed by atoms with E-state index in [-0.39, 0.29) is 11.7 Å². The molecule has 0 aliphatic carbocycles. The number of carbonyl (C=O) groups is 1. The Morgan fingerprint density at radius 3 is 3.00 bits per heavy atom. The van der Waals surface area contributed by atoms with E-state index >= 15 is 0 Å². The standard InChI is InChI=1S/C13H20N4OS2/c1-4-6-19-7-5-15-12(18)10-11(14)17-13(20-10)16-8-9(2)3/h1,9H,5-8,14H2,2-3H3,(H,15,18)(H,16,17). The van der Waals surface area contributed by atoms with Gasteiger partial charge in [-0.15, -0.1) is 18.2 Å². The van der Waals surface area contributed by atoms with E-state index in [2.05, 4.69) is 35.4 Å². The number of nitrogen functional groups attached to an aromatic ring is 1. The summed E-state index contributed by atoms with van der Waals surface area (Å²) < 4.78 is 0. The van der Waals surface area contributed by atoms with Gasteiger partial charge in [-0.3, -0.25) is 4.79 Å². The smallest absolute Gasteiger partial charge is 0.265 e. The lowest BCUT2D eigenvalue weighted by atomic mass is 10.2. The highest BCUT2D eigenvalue weighted by atomic mass is 32.2. The van der Waals surface area contributed by atoms with E-state index in [1.54, 1.807) is 11.8 Å². The van der Waals surface area contributed by atoms with Crippen LogP contribution in [0, 0.1) is 18.3 Å². The number of thioether (sulfide) groups is 1. The number of nitrogens with two attached hydrogens (primary N) is 1. The van der Waals surface area contributed by atoms with Crippen LogP contribution in [0.25, 0.3) is 0 Å². The number of terminal acetylenes is 1. The molecule has 0 aliphatic heterocycles. The van der Waals surface area contributed by atoms with Gasteiger partial charge >= 0.3 is 0 Å². The van der Waals surface area contributed by atoms with Crippen molar-refractivity contribution in [3.8, 4) is 12.3 Å². The van der Waals surface area contributed by atoms with Crippen molar-refractivity contribution in [1.29, 1.82) is 0 Å². The van der Waals surface area contributed by atoms with Crippen LogP contribution in [0.15, 0.2) is 0 Å². The maximum absolute atomic E-state index is 12.0. The minimum absolute atomic E-state index is 0.182. The number of amides is 1. The second kappa shape index (κ2) is 8.72. The van der Waals surface area contributed by atoms with Crippen LogP contribution in [-0.2, 0) is 0 Å². The topological polar surface area (TPSA) is 80.0 Å². The molecule has 0 aliphatic rings. The molecule has 0 saturated carbocycles. The summed E-state index contributed by atoms with van der Waals surface area (Å²) in [5.74, 6) is 4.57. The molecular weight excluding hydrogens is 292 g/mol. The number of hydrogen-bond donors (Lipinski definition) is 3. The number of aromatic nitrogens is 1. The van der Waals surface area contributed by atoms with Gasteiger partial charge in [-0.2, -0.15) is 0 Å². The Morgan fingerprint density at radius 2 is 2.35 bits per heavy atom. The molecule has 1 heterocycles. The lowest BCUT2D eigenvalue weighted by molar-refractivity contribution is 0.0961. The number of nitrogens with zero attached hydrogens (tertiary/aromatic N) is 1. The van der Waals surface area contributed by atoms with Gasteiger partial charge in [0.1, 0.15) is 10.7 Å². The highest BCUT2D eigenvalue weighted by Gasteiger charge is 2.15. The molecule has 0 radical (unpaired) electrons. The van der Waals surface area contributed by atoms with Crippen molar-refractivity contribution in [2.75, 3.05) is 35.6 Å². The van der Waals surface area contributed by atoms with Crippen molar-refractivity contribution >= 4 is 40.0 Å². The lowest BCUT2D eigenvalue weighted by Crippen LogP contribution is -2.25. The maximum Gasteiger partial charge on any atom is 0.265 e. The van der Waals surface area contributed by atoms with Crippen LogP contribution < -0.4 is 16.4 Å². The van der Waals surface area contributed by atoms with E-state index < -0.39 is 0 Å². The largest absolute Gasteiger partial charge is 0.382 e. The summed E-state index contributed by atoms with van der Waals surface area (Å²) in [4.78, 5) is 16.6. The lowest BCUT2D eigenvalue weighted by Gasteiger charge is -2.04. The quantitative estimate of drug-likeness (QED) is 0.504. The molecule has 0 spiro atoms. The van der Waals surface area contributed by atoms with Gasteiger partial charge in [0, 0.05) is 18.8 Å². The Morgan fingerprint density at radius 1 is 1.60 bits per heavy atom. The van der Waals surface area contributed by atoms with Crippen molar-refractivity contribution in [2.24, 2.45) is 5.92 Å². The van der Waals surface area contributed by atoms with E-state index in [1.807, 2.05) is 0 Å². The highest BCUT2D eigenvalue weighted by Crippen LogP contribution is 2.24. The Bertz CT molecular complexity index is 479. The molecule has 5 nitrogen and oxygen atoms in total. The van der Waals surface area contributed by atoms with E-state index in [0.717, 1.165) is 12.3 Å². The summed E-state index contributed by atoms with van der Waals surface area (Å²) in [6.45, 7) is 5.57. The Balaban J connectivity index is 2.45. The van der Waals surface area contributed by atoms with Crippen molar-refractivity contribution in [2.45, 2.75) is 13.8 Å². The third-order valence-electron chi connectivity index (χ3n) is 2.24. The molecule has 0 atom stereocenters. The van der Waals surface area contributed by atoms with Gasteiger partial charge in [0.05, 0.1) is 5.75 Å². The number of anilines is 2. The fourth-order valence-corrected chi connectivity index (χ4v) is 2.63. The van der Waals surface area contributed by atoms with Gasteiger partial charge in [0.25, 0.3) is 5.91 Å². The van der Waals surface area contributed by atoms with Crippen molar-refractivity contribution < 1.29 is 4.79 Å². The fourth-order valence-electron chi connectivity index (χ4n) is 1.31. The third-order valence-corrected chi connectivity index (χ3v) is 4.13. The second-order valence-corrected chi connectivity index (χ2v) is 6.62. The first-order chi connectivity index (χ1) is 9.54. The molecule has 0 bridgehead atoms. The zero-order chi connectivity index (χ0) is 15.0. The van der Waals surface area contributed by atoms with Gasteiger partial charge in [0.15, 0.2) is 5.13 Å². The van der Waals surface area contributed by atoms with Crippen LogP contribution in [0.4, 0.5) is 10.9 Å². The first kappa shape index (κ1) is 16.7. The molecule has 1 amide bonds. The monoisotopic (exact) mass is 312 g/mol. The molecule has 110 valence electrons. The SMILES string of the molecule is C#CCSCCNC(=O)c1sc(NCC(C)C)nc1N. The van der Waals surface area contributed by atoms with Gasteiger partial charge in [-0.1, -0.05) is 31.1 Å². The minimum atomic E-state index is -0.182. The normalized spacial score (nSPS) is 10.3. The number of nitrogens with one attached hydrogen (secondary N) is 2. The Labute approximate surface area is 128 Å². The maximum atomic E-state index is 12.0. The molecule has 7 heteroatoms. The first-order valence-electron chi connectivity index (χ1n) is 6.34. The summed E-state index contributed by atoms with van der Waals surface area (Å²) in [6.07, 6.45) is 5.15. The molecule has 0 saturated heterocycles. The van der Waals surface area contributed by atoms with E-state index in [4.69, 9.17) is 12.2 Å². The zero-order valence-corrected chi connectivity index (χ0v) is 13.4. The molecule has 1 aromatic heterocycles. The van der Waals surface area contributed by atoms with Crippen LogP contribution in [0.2, 0.25) is 0 Å². The summed E-state index contributed by atoms with van der Waals surface area (Å²) in [5, 5.41) is 6.66. The molecule has 20 heavy (non-hydrogen) atoms. The van der Waals surface area contributed by atoms with Gasteiger partial charge in [-0.05, 0) is 5.92 Å². The summed E-state index contributed by atoms with van der Waals surface area (Å²) >= 11 is 2.88. The minimum Gasteiger partial charge on any atom is -0.382 e. The van der Waals surface area contributed by atoms with Gasteiger partial charge in [-0.25, -0.2) is 4.98 Å². The summed E-state index contributed by atoms with van der Waals surface area (Å²) in [6, 6.07) is 0. The molecular formula is C13H20N4OS2. The Kier molecular flexibility index (Phi) is 7.26. The molecule has 0 unspecified atom stereocenters. The predicted molar refractivity (Wildman–Crippen MR) is 88.3 cm³/mol. The third kappa shape index (κ3) is 5.72. The summed E-state index contributed by atoms with van der Waals surface area (Å²) in [5.41, 5.74) is 5.77. The Hall–Kier alpha value is -1.39. The zero-order valence-electron chi connectivity index (χ0n) is 11.7. The van der Waals surface area contributed by atoms with Gasteiger partial charge < -0.3 is 16.4 Å². The van der Waals surface area contributed by atoms with Crippen LogP contribution in [-0.4, -0.2) is 35.5 Å². The number of carbonyl (C=O) groups excluding carboxylic acids is 1. The number of rotatable bonds is 8. The number of hydrogen-bond acceptors (Lipinski definition) is 6. The van der Waals surface area contributed by atoms with Crippen LogP contribution >= 0.6 is 23.1 Å². The average molecular weight is 312 g/mol. The van der Waals surface area contributed by atoms with Gasteiger partial charge in [0.2, 0.25) is 0 Å². The molecule has 0 fully saturated rings. The van der Waals surface area contributed by atoms with Crippen LogP contribution in [0.1, 0.15) is 23.5 Å². The first-order valence-corrected chi connectivity index (χ1v) is 8.31. The van der Waals surface area contributed by atoms with Crippen molar-refractivity contribution in [3.05, 3.63) is 4.88 Å².